The standard InChI is InChI=1S/C29H20ClF4N3O2/c30-24-4-2-1-3-22(24)28-23-11-5-17(13-25(23)37(36-28)21-9-7-20(31)8-10-21)26(39)14-19(16-38)18-6-12-27(35-15-18)29(32,33)34/h1-13,15,19,38H,14,16H2/t19-/m1/s1. The predicted molar refractivity (Wildman–Crippen MR) is 139 cm³/mol. The molecule has 5 aromatic rings. The molecule has 3 aromatic carbocycles. The number of halogens is 5. The van der Waals surface area contributed by atoms with E-state index in [1.165, 1.54) is 18.2 Å². The van der Waals surface area contributed by atoms with E-state index in [0.717, 1.165) is 12.3 Å². The Labute approximate surface area is 225 Å². The second-order valence-corrected chi connectivity index (χ2v) is 9.34. The van der Waals surface area contributed by atoms with Crippen LogP contribution >= 0.6 is 11.6 Å². The topological polar surface area (TPSA) is 68.0 Å². The average molecular weight is 554 g/mol. The van der Waals surface area contributed by atoms with Crippen LogP contribution in [0.4, 0.5) is 17.6 Å². The normalized spacial score (nSPS) is 12.6. The summed E-state index contributed by atoms with van der Waals surface area (Å²) in [6.45, 7) is -0.453. The van der Waals surface area contributed by atoms with Crippen LogP contribution in [0.25, 0.3) is 27.8 Å². The van der Waals surface area contributed by atoms with Crippen LogP contribution in [-0.2, 0) is 6.18 Å². The molecule has 0 unspecified atom stereocenters. The fourth-order valence-corrected chi connectivity index (χ4v) is 4.59. The third kappa shape index (κ3) is 5.41. The quantitative estimate of drug-likeness (QED) is 0.170. The molecule has 39 heavy (non-hydrogen) atoms. The van der Waals surface area contributed by atoms with Gasteiger partial charge in [0.05, 0.1) is 22.8 Å². The third-order valence-electron chi connectivity index (χ3n) is 6.40. The van der Waals surface area contributed by atoms with Crippen molar-refractivity contribution in [1.29, 1.82) is 0 Å². The summed E-state index contributed by atoms with van der Waals surface area (Å²) in [5.74, 6) is -1.49. The van der Waals surface area contributed by atoms with E-state index >= 15 is 0 Å². The van der Waals surface area contributed by atoms with Crippen LogP contribution in [0.5, 0.6) is 0 Å². The maximum atomic E-state index is 13.6. The molecule has 5 rings (SSSR count). The summed E-state index contributed by atoms with van der Waals surface area (Å²) in [5.41, 5.74) is 1.96. The number of fused-ring (bicyclic) bond motifs is 1. The Morgan fingerprint density at radius 2 is 1.74 bits per heavy atom. The van der Waals surface area contributed by atoms with E-state index in [-0.39, 0.29) is 12.2 Å². The van der Waals surface area contributed by atoms with Crippen LogP contribution in [0, 0.1) is 5.82 Å². The van der Waals surface area contributed by atoms with E-state index < -0.39 is 30.2 Å². The minimum atomic E-state index is -4.59. The summed E-state index contributed by atoms with van der Waals surface area (Å²) >= 11 is 6.44. The number of carbonyl (C=O) groups excluding carboxylic acids is 1. The molecule has 0 fully saturated rings. The fraction of sp³-hybridized carbons (Fsp3) is 0.138. The van der Waals surface area contributed by atoms with Gasteiger partial charge in [-0.1, -0.05) is 41.9 Å². The lowest BCUT2D eigenvalue weighted by Gasteiger charge is -2.15. The molecule has 0 bridgehead atoms. The van der Waals surface area contributed by atoms with E-state index in [9.17, 15) is 27.5 Å². The molecule has 2 heterocycles. The highest BCUT2D eigenvalue weighted by molar-refractivity contribution is 6.33. The molecule has 198 valence electrons. The van der Waals surface area contributed by atoms with Crippen molar-refractivity contribution < 1.29 is 27.5 Å². The summed E-state index contributed by atoms with van der Waals surface area (Å²) in [5, 5.41) is 15.8. The van der Waals surface area contributed by atoms with Crippen molar-refractivity contribution in [2.45, 2.75) is 18.5 Å². The van der Waals surface area contributed by atoms with E-state index in [1.54, 1.807) is 47.1 Å². The van der Waals surface area contributed by atoms with Crippen LogP contribution in [0.15, 0.2) is 85.1 Å². The molecule has 0 amide bonds. The first kappa shape index (κ1) is 26.5. The van der Waals surface area contributed by atoms with E-state index in [2.05, 4.69) is 4.98 Å². The van der Waals surface area contributed by atoms with Crippen molar-refractivity contribution in [2.75, 3.05) is 6.61 Å². The van der Waals surface area contributed by atoms with Crippen molar-refractivity contribution in [1.82, 2.24) is 14.8 Å². The zero-order valence-electron chi connectivity index (χ0n) is 20.2. The first-order valence-corrected chi connectivity index (χ1v) is 12.2. The molecule has 1 atom stereocenters. The molecule has 0 aliphatic heterocycles. The summed E-state index contributed by atoms with van der Waals surface area (Å²) in [4.78, 5) is 16.7. The molecule has 1 N–H and O–H groups in total. The van der Waals surface area contributed by atoms with E-state index in [4.69, 9.17) is 16.7 Å². The van der Waals surface area contributed by atoms with Crippen LogP contribution in [0.2, 0.25) is 5.02 Å². The number of alkyl halides is 3. The Hall–Kier alpha value is -4.08. The highest BCUT2D eigenvalue weighted by Crippen LogP contribution is 2.35. The predicted octanol–water partition coefficient (Wildman–Crippen LogP) is 7.25. The molecule has 2 aromatic heterocycles. The zero-order valence-corrected chi connectivity index (χ0v) is 20.9. The van der Waals surface area contributed by atoms with Crippen LogP contribution in [0.1, 0.15) is 34.0 Å². The first-order valence-electron chi connectivity index (χ1n) is 11.9. The molecule has 10 heteroatoms. The van der Waals surface area contributed by atoms with Gasteiger partial charge in [-0.2, -0.15) is 18.3 Å². The van der Waals surface area contributed by atoms with Gasteiger partial charge in [0.2, 0.25) is 0 Å². The lowest BCUT2D eigenvalue weighted by Crippen LogP contribution is -2.13. The van der Waals surface area contributed by atoms with Crippen molar-refractivity contribution in [3.8, 4) is 16.9 Å². The van der Waals surface area contributed by atoms with Crippen molar-refractivity contribution >= 4 is 28.3 Å². The van der Waals surface area contributed by atoms with Gasteiger partial charge in [0.1, 0.15) is 17.2 Å². The lowest BCUT2D eigenvalue weighted by atomic mass is 9.92. The van der Waals surface area contributed by atoms with E-state index in [0.29, 0.717) is 44.0 Å². The molecule has 0 saturated carbocycles. The van der Waals surface area contributed by atoms with Gasteiger partial charge in [0.15, 0.2) is 5.78 Å². The molecule has 0 saturated heterocycles. The lowest BCUT2D eigenvalue weighted by molar-refractivity contribution is -0.141. The maximum absolute atomic E-state index is 13.6. The highest BCUT2D eigenvalue weighted by Gasteiger charge is 2.32. The second kappa shape index (κ2) is 10.6. The van der Waals surface area contributed by atoms with Gasteiger partial charge in [-0.25, -0.2) is 9.07 Å². The number of benzene rings is 3. The number of pyridine rings is 1. The molecular weight excluding hydrogens is 534 g/mol. The smallest absolute Gasteiger partial charge is 0.396 e. The Balaban J connectivity index is 1.53. The number of hydrogen-bond donors (Lipinski definition) is 1. The van der Waals surface area contributed by atoms with Gasteiger partial charge in [0, 0.05) is 35.0 Å². The monoisotopic (exact) mass is 553 g/mol. The first-order chi connectivity index (χ1) is 18.7. The van der Waals surface area contributed by atoms with Gasteiger partial charge in [-0.05, 0) is 54.1 Å². The number of nitrogens with zero attached hydrogens (tertiary/aromatic N) is 3. The van der Waals surface area contributed by atoms with Gasteiger partial charge >= 0.3 is 6.18 Å². The number of Topliss-reactive ketones (excluding diaryl/α,β-unsaturated/α-hetero) is 1. The summed E-state index contributed by atoms with van der Waals surface area (Å²) in [6, 6.07) is 20.0. The summed E-state index contributed by atoms with van der Waals surface area (Å²) in [6.07, 6.45) is -3.72. The van der Waals surface area contributed by atoms with Crippen molar-refractivity contribution in [2.24, 2.45) is 0 Å². The minimum Gasteiger partial charge on any atom is -0.396 e. The molecule has 0 spiro atoms. The zero-order chi connectivity index (χ0) is 27.7. The number of hydrogen-bond acceptors (Lipinski definition) is 4. The molecule has 0 aliphatic carbocycles. The molecule has 0 aliphatic rings. The number of rotatable bonds is 7. The summed E-state index contributed by atoms with van der Waals surface area (Å²) in [7, 11) is 0. The van der Waals surface area contributed by atoms with Crippen LogP contribution in [0.3, 0.4) is 0 Å². The van der Waals surface area contributed by atoms with Gasteiger partial charge in [-0.3, -0.25) is 9.78 Å². The fourth-order valence-electron chi connectivity index (χ4n) is 4.36. The van der Waals surface area contributed by atoms with Gasteiger partial charge in [-0.15, -0.1) is 0 Å². The average Bonchev–Trinajstić information content (AvgIpc) is 3.30. The number of aliphatic hydroxyl groups excluding tert-OH is 1. The Morgan fingerprint density at radius 1 is 1.00 bits per heavy atom. The van der Waals surface area contributed by atoms with E-state index in [1.807, 2.05) is 12.1 Å². The Kier molecular flexibility index (Phi) is 7.20. The van der Waals surface area contributed by atoms with Gasteiger partial charge < -0.3 is 5.11 Å². The number of ketones is 1. The Morgan fingerprint density at radius 3 is 2.38 bits per heavy atom. The SMILES string of the molecule is O=C(C[C@H](CO)c1ccc(C(F)(F)F)nc1)c1ccc2c(-c3ccccc3Cl)nn(-c3ccc(F)cc3)c2c1. The number of carbonyl (C=O) groups is 1. The molecular formula is C29H20ClF4N3O2. The van der Waals surface area contributed by atoms with Gasteiger partial charge in [0.25, 0.3) is 0 Å². The number of aromatic nitrogens is 3. The maximum Gasteiger partial charge on any atom is 0.433 e. The van der Waals surface area contributed by atoms with Crippen LogP contribution in [-0.4, -0.2) is 32.3 Å². The third-order valence-corrected chi connectivity index (χ3v) is 6.73. The summed E-state index contributed by atoms with van der Waals surface area (Å²) < 4.78 is 53.8. The second-order valence-electron chi connectivity index (χ2n) is 8.93. The van der Waals surface area contributed by atoms with Crippen molar-refractivity contribution in [3.05, 3.63) is 113 Å². The van der Waals surface area contributed by atoms with Crippen molar-refractivity contribution in [3.63, 3.8) is 0 Å². The molecule has 0 radical (unpaired) electrons. The largest absolute Gasteiger partial charge is 0.433 e. The Bertz CT molecular complexity index is 1650. The highest BCUT2D eigenvalue weighted by atomic mass is 35.5. The molecule has 5 nitrogen and oxygen atoms in total. The minimum absolute atomic E-state index is 0.156. The van der Waals surface area contributed by atoms with Crippen LogP contribution < -0.4 is 0 Å². The number of aliphatic hydroxyl groups is 1.